The number of rotatable bonds is 2. The quantitative estimate of drug-likeness (QED) is 0.651. The van der Waals surface area contributed by atoms with Gasteiger partial charge in [-0.05, 0) is 49.4 Å². The maximum Gasteiger partial charge on any atom is 1.00 e. The van der Waals surface area contributed by atoms with Gasteiger partial charge in [-0.1, -0.05) is 18.7 Å². The van der Waals surface area contributed by atoms with Gasteiger partial charge in [0.15, 0.2) is 0 Å². The Kier molecular flexibility index (Phi) is 3.70. The van der Waals surface area contributed by atoms with Crippen LogP contribution in [0.15, 0.2) is 0 Å². The van der Waals surface area contributed by atoms with Crippen LogP contribution in [0.1, 0.15) is 44.9 Å². The minimum absolute atomic E-state index is 0. The smallest absolute Gasteiger partial charge is 0.449 e. The molecule has 0 bridgehead atoms. The van der Waals surface area contributed by atoms with Crippen molar-refractivity contribution in [2.45, 2.75) is 51.3 Å². The van der Waals surface area contributed by atoms with Gasteiger partial charge in [0.25, 0.3) is 0 Å². The van der Waals surface area contributed by atoms with Gasteiger partial charge in [0.1, 0.15) is 0 Å². The summed E-state index contributed by atoms with van der Waals surface area (Å²) in [7, 11) is 0. The molecule has 0 saturated heterocycles. The molecule has 0 atom stereocenters. The topological polar surface area (TPSA) is 0 Å². The molecule has 3 aliphatic carbocycles. The van der Waals surface area contributed by atoms with Crippen LogP contribution in [0.3, 0.4) is 0 Å². The van der Waals surface area contributed by atoms with Gasteiger partial charge in [0.2, 0.25) is 0 Å². The van der Waals surface area contributed by atoms with Gasteiger partial charge < -0.3 is 12.9 Å². The molecule has 3 rings (SSSR count). The van der Waals surface area contributed by atoms with Crippen molar-refractivity contribution in [2.75, 3.05) is 0 Å². The molecule has 0 heterocycles. The molecule has 16 heavy (non-hydrogen) atoms. The van der Waals surface area contributed by atoms with Crippen LogP contribution in [0.5, 0.6) is 0 Å². The summed E-state index contributed by atoms with van der Waals surface area (Å²) in [6.45, 7) is -4.54. The zero-order valence-corrected chi connectivity index (χ0v) is 13.1. The summed E-state index contributed by atoms with van der Waals surface area (Å²) in [6, 6.07) is 0. The third-order valence-corrected chi connectivity index (χ3v) is 4.96. The molecule has 0 unspecified atom stereocenters. The summed E-state index contributed by atoms with van der Waals surface area (Å²) in [5.74, 6) is -0.0255. The van der Waals surface area contributed by atoms with Gasteiger partial charge >= 0.3 is 58.4 Å². The van der Waals surface area contributed by atoms with Crippen molar-refractivity contribution < 1.29 is 64.3 Å². The molecule has 86 valence electrons. The predicted octanol–water partition coefficient (Wildman–Crippen LogP) is 1.20. The van der Waals surface area contributed by atoms with E-state index >= 15 is 0 Å². The Morgan fingerprint density at radius 1 is 1.00 bits per heavy atom. The summed E-state index contributed by atoms with van der Waals surface area (Å²) < 4.78 is 36.6. The largest absolute Gasteiger partial charge is 1.00 e. The molecule has 5 heteroatoms. The fourth-order valence-corrected chi connectivity index (χ4v) is 4.57. The van der Waals surface area contributed by atoms with E-state index in [1.165, 1.54) is 32.1 Å². The molecular formula is C11H17BF3K. The van der Waals surface area contributed by atoms with Crippen molar-refractivity contribution in [1.29, 1.82) is 0 Å². The molecule has 0 N–H and O–H groups in total. The van der Waals surface area contributed by atoms with Crippen LogP contribution in [0.2, 0.25) is 6.32 Å². The van der Waals surface area contributed by atoms with E-state index in [2.05, 4.69) is 0 Å². The summed E-state index contributed by atoms with van der Waals surface area (Å²) in [6.07, 6.45) is 7.82. The van der Waals surface area contributed by atoms with Gasteiger partial charge in [0.05, 0.1) is 0 Å². The molecule has 3 fully saturated rings. The molecule has 0 radical (unpaired) electrons. The SMILES string of the molecule is F[B-](F)(F)CC1CC2(C1)CC1(CCC1)C2.[K+]. The average molecular weight is 256 g/mol. The molecule has 0 aromatic heterocycles. The van der Waals surface area contributed by atoms with Gasteiger partial charge in [-0.15, -0.1) is 0 Å². The molecule has 0 aliphatic heterocycles. The summed E-state index contributed by atoms with van der Waals surface area (Å²) in [5.41, 5.74) is 1.00. The third kappa shape index (κ3) is 2.44. The minimum atomic E-state index is -4.54. The second kappa shape index (κ2) is 4.26. The zero-order valence-electron chi connectivity index (χ0n) is 9.95. The van der Waals surface area contributed by atoms with E-state index in [4.69, 9.17) is 0 Å². The van der Waals surface area contributed by atoms with Crippen LogP contribution >= 0.6 is 0 Å². The molecule has 3 saturated carbocycles. The van der Waals surface area contributed by atoms with Crippen LogP contribution in [-0.4, -0.2) is 6.98 Å². The van der Waals surface area contributed by atoms with E-state index in [0.717, 1.165) is 12.8 Å². The first-order valence-electron chi connectivity index (χ1n) is 6.12. The second-order valence-corrected chi connectivity index (χ2v) is 6.43. The average Bonchev–Trinajstić information content (AvgIpc) is 1.84. The molecule has 3 aliphatic rings. The van der Waals surface area contributed by atoms with Gasteiger partial charge in [-0.3, -0.25) is 0 Å². The molecule has 0 aromatic rings. The summed E-state index contributed by atoms with van der Waals surface area (Å²) >= 11 is 0. The first-order chi connectivity index (χ1) is 6.91. The van der Waals surface area contributed by atoms with Crippen LogP contribution < -0.4 is 51.4 Å². The Hall–Kier alpha value is 1.49. The minimum Gasteiger partial charge on any atom is -0.449 e. The number of hydrogen-bond acceptors (Lipinski definition) is 0. The Morgan fingerprint density at radius 3 is 1.94 bits per heavy atom. The third-order valence-electron chi connectivity index (χ3n) is 4.96. The van der Waals surface area contributed by atoms with Crippen LogP contribution in [0.4, 0.5) is 12.9 Å². The first kappa shape index (κ1) is 13.9. The van der Waals surface area contributed by atoms with Crippen LogP contribution in [0, 0.1) is 16.7 Å². The summed E-state index contributed by atoms with van der Waals surface area (Å²) in [5, 5.41) is 0. The van der Waals surface area contributed by atoms with Crippen molar-refractivity contribution in [2.24, 2.45) is 16.7 Å². The maximum absolute atomic E-state index is 12.2. The van der Waals surface area contributed by atoms with Crippen molar-refractivity contribution in [3.8, 4) is 0 Å². The van der Waals surface area contributed by atoms with Crippen LogP contribution in [0.25, 0.3) is 0 Å². The van der Waals surface area contributed by atoms with Crippen molar-refractivity contribution >= 4 is 6.98 Å². The maximum atomic E-state index is 12.2. The Balaban J connectivity index is 0.000000963. The van der Waals surface area contributed by atoms with E-state index in [0.29, 0.717) is 10.8 Å². The van der Waals surface area contributed by atoms with E-state index in [9.17, 15) is 12.9 Å². The van der Waals surface area contributed by atoms with Crippen LogP contribution in [-0.2, 0) is 0 Å². The van der Waals surface area contributed by atoms with Gasteiger partial charge in [0, 0.05) is 0 Å². The normalized spacial score (nSPS) is 30.2. The Bertz CT molecular complexity index is 269. The summed E-state index contributed by atoms with van der Waals surface area (Å²) in [4.78, 5) is 0. The van der Waals surface area contributed by atoms with Crippen molar-refractivity contribution in [3.05, 3.63) is 0 Å². The molecule has 0 aromatic carbocycles. The number of halogens is 3. The monoisotopic (exact) mass is 256 g/mol. The van der Waals surface area contributed by atoms with E-state index in [1.807, 2.05) is 0 Å². The standard InChI is InChI=1S/C11H17BF3.K/c13-12(14,15)6-9-4-11(5-9)7-10(8-11)2-1-3-10;/h9H,1-8H2;/q-1;+1. The van der Waals surface area contributed by atoms with E-state index < -0.39 is 13.3 Å². The molecule has 2 spiro atoms. The Labute approximate surface area is 138 Å². The van der Waals surface area contributed by atoms with E-state index in [-0.39, 0.29) is 57.3 Å². The second-order valence-electron chi connectivity index (χ2n) is 6.43. The molecular weight excluding hydrogens is 239 g/mol. The van der Waals surface area contributed by atoms with Crippen molar-refractivity contribution in [3.63, 3.8) is 0 Å². The van der Waals surface area contributed by atoms with Gasteiger partial charge in [-0.25, -0.2) is 0 Å². The Morgan fingerprint density at radius 2 is 1.56 bits per heavy atom. The fourth-order valence-electron chi connectivity index (χ4n) is 4.57. The first-order valence-corrected chi connectivity index (χ1v) is 6.12. The van der Waals surface area contributed by atoms with Gasteiger partial charge in [-0.2, -0.15) is 0 Å². The van der Waals surface area contributed by atoms with E-state index in [1.54, 1.807) is 0 Å². The fraction of sp³-hybridized carbons (Fsp3) is 1.00. The molecule has 0 nitrogen and oxygen atoms in total. The zero-order chi connectivity index (χ0) is 10.7. The number of hydrogen-bond donors (Lipinski definition) is 0. The van der Waals surface area contributed by atoms with Crippen molar-refractivity contribution in [1.82, 2.24) is 0 Å². The predicted molar refractivity (Wildman–Crippen MR) is 54.6 cm³/mol. The molecule has 0 amide bonds.